The number of hydrogen-bond donors (Lipinski definition) is 0. The predicted molar refractivity (Wildman–Crippen MR) is 67.6 cm³/mol. The summed E-state index contributed by atoms with van der Waals surface area (Å²) in [6.07, 6.45) is 0. The van der Waals surface area contributed by atoms with E-state index in [0.29, 0.717) is 16.6 Å². The lowest BCUT2D eigenvalue weighted by atomic mass is 10.0. The Morgan fingerprint density at radius 2 is 2.00 bits per heavy atom. The maximum Gasteiger partial charge on any atom is 0.103 e. The Kier molecular flexibility index (Phi) is 4.21. The third-order valence-corrected chi connectivity index (χ3v) is 3.24. The van der Waals surface area contributed by atoms with E-state index in [-0.39, 0.29) is 0 Å². The van der Waals surface area contributed by atoms with E-state index in [9.17, 15) is 0 Å². The highest BCUT2D eigenvalue weighted by molar-refractivity contribution is 6.35. The van der Waals surface area contributed by atoms with Crippen LogP contribution < -0.4 is 0 Å². The van der Waals surface area contributed by atoms with Gasteiger partial charge in [0.15, 0.2) is 0 Å². The molecule has 0 radical (unpaired) electrons. The molecule has 1 aromatic carbocycles. The molecule has 0 bridgehead atoms. The van der Waals surface area contributed by atoms with Crippen LogP contribution in [0.5, 0.6) is 0 Å². The van der Waals surface area contributed by atoms with Crippen molar-refractivity contribution in [2.45, 2.75) is 25.9 Å². The fraction of sp³-hybridized carbons (Fsp3) is 0.417. The standard InChI is InChI=1S/C12H14Cl2N2/c1-12(2,8-15)16(3)7-9-4-5-10(13)6-11(9)14/h4-6H,7H2,1-3H3. The summed E-state index contributed by atoms with van der Waals surface area (Å²) in [5, 5.41) is 10.3. The quantitative estimate of drug-likeness (QED) is 0.824. The summed E-state index contributed by atoms with van der Waals surface area (Å²) < 4.78 is 0. The van der Waals surface area contributed by atoms with Crippen LogP contribution in [0, 0.1) is 11.3 Å². The second-order valence-electron chi connectivity index (χ2n) is 4.26. The fourth-order valence-electron chi connectivity index (χ4n) is 1.19. The Hall–Kier alpha value is -0.750. The molecular formula is C12H14Cl2N2. The summed E-state index contributed by atoms with van der Waals surface area (Å²) in [6, 6.07) is 7.65. The van der Waals surface area contributed by atoms with Crippen molar-refractivity contribution in [2.24, 2.45) is 0 Å². The first kappa shape index (κ1) is 13.3. The number of benzene rings is 1. The average molecular weight is 257 g/mol. The summed E-state index contributed by atoms with van der Waals surface area (Å²) in [4.78, 5) is 1.95. The Morgan fingerprint density at radius 3 is 2.50 bits per heavy atom. The lowest BCUT2D eigenvalue weighted by Crippen LogP contribution is -2.39. The topological polar surface area (TPSA) is 27.0 Å². The van der Waals surface area contributed by atoms with Crippen LogP contribution in [0.15, 0.2) is 18.2 Å². The molecule has 0 unspecified atom stereocenters. The number of hydrogen-bond acceptors (Lipinski definition) is 2. The molecule has 1 aromatic rings. The van der Waals surface area contributed by atoms with Gasteiger partial charge < -0.3 is 0 Å². The minimum atomic E-state index is -0.511. The first-order valence-corrected chi connectivity index (χ1v) is 5.69. The molecule has 0 heterocycles. The van der Waals surface area contributed by atoms with Gasteiger partial charge in [-0.05, 0) is 38.6 Å². The molecular weight excluding hydrogens is 243 g/mol. The fourth-order valence-corrected chi connectivity index (χ4v) is 1.66. The van der Waals surface area contributed by atoms with Crippen LogP contribution >= 0.6 is 23.2 Å². The molecule has 0 N–H and O–H groups in total. The van der Waals surface area contributed by atoms with E-state index in [1.54, 1.807) is 12.1 Å². The van der Waals surface area contributed by atoms with Gasteiger partial charge in [0.05, 0.1) is 6.07 Å². The molecule has 0 aromatic heterocycles. The van der Waals surface area contributed by atoms with Crippen molar-refractivity contribution in [3.63, 3.8) is 0 Å². The van der Waals surface area contributed by atoms with E-state index in [2.05, 4.69) is 6.07 Å². The highest BCUT2D eigenvalue weighted by Gasteiger charge is 2.23. The Balaban J connectivity index is 2.86. The third kappa shape index (κ3) is 3.12. The predicted octanol–water partition coefficient (Wildman–Crippen LogP) is 3.73. The van der Waals surface area contributed by atoms with Gasteiger partial charge in [0, 0.05) is 16.6 Å². The maximum atomic E-state index is 9.01. The van der Waals surface area contributed by atoms with E-state index in [0.717, 1.165) is 5.56 Å². The van der Waals surface area contributed by atoms with E-state index in [1.165, 1.54) is 0 Å². The molecule has 1 rings (SSSR count). The number of nitriles is 1. The normalized spacial score (nSPS) is 11.6. The lowest BCUT2D eigenvalue weighted by molar-refractivity contribution is 0.203. The maximum absolute atomic E-state index is 9.01. The van der Waals surface area contributed by atoms with Gasteiger partial charge in [0.1, 0.15) is 5.54 Å². The van der Waals surface area contributed by atoms with Crippen molar-refractivity contribution in [1.82, 2.24) is 4.90 Å². The number of nitrogens with zero attached hydrogens (tertiary/aromatic N) is 2. The van der Waals surface area contributed by atoms with E-state index in [1.807, 2.05) is 31.9 Å². The molecule has 0 aliphatic heterocycles. The highest BCUT2D eigenvalue weighted by Crippen LogP contribution is 2.24. The molecule has 0 saturated heterocycles. The molecule has 86 valence electrons. The zero-order valence-electron chi connectivity index (χ0n) is 9.59. The zero-order chi connectivity index (χ0) is 12.3. The van der Waals surface area contributed by atoms with Crippen LogP contribution in [0.1, 0.15) is 19.4 Å². The minimum Gasteiger partial charge on any atom is -0.285 e. The molecule has 2 nitrogen and oxygen atoms in total. The summed E-state index contributed by atoms with van der Waals surface area (Å²) in [6.45, 7) is 4.37. The van der Waals surface area contributed by atoms with E-state index < -0.39 is 5.54 Å². The first-order valence-electron chi connectivity index (χ1n) is 4.93. The second kappa shape index (κ2) is 5.05. The van der Waals surface area contributed by atoms with Crippen molar-refractivity contribution >= 4 is 23.2 Å². The van der Waals surface area contributed by atoms with Crippen molar-refractivity contribution in [1.29, 1.82) is 5.26 Å². The Labute approximate surface area is 106 Å². The van der Waals surface area contributed by atoms with Crippen LogP contribution in [0.2, 0.25) is 10.0 Å². The summed E-state index contributed by atoms with van der Waals surface area (Å²) in [5.74, 6) is 0. The van der Waals surface area contributed by atoms with Gasteiger partial charge in [0.25, 0.3) is 0 Å². The third-order valence-electron chi connectivity index (χ3n) is 2.65. The first-order chi connectivity index (χ1) is 7.36. The van der Waals surface area contributed by atoms with Crippen LogP contribution in [0.4, 0.5) is 0 Å². The zero-order valence-corrected chi connectivity index (χ0v) is 11.1. The molecule has 0 atom stereocenters. The molecule has 0 amide bonds. The summed E-state index contributed by atoms with van der Waals surface area (Å²) in [7, 11) is 1.90. The van der Waals surface area contributed by atoms with Gasteiger partial charge in [-0.25, -0.2) is 0 Å². The second-order valence-corrected chi connectivity index (χ2v) is 5.11. The largest absolute Gasteiger partial charge is 0.285 e. The van der Waals surface area contributed by atoms with Crippen molar-refractivity contribution < 1.29 is 0 Å². The monoisotopic (exact) mass is 256 g/mol. The van der Waals surface area contributed by atoms with Crippen molar-refractivity contribution in [3.05, 3.63) is 33.8 Å². The minimum absolute atomic E-state index is 0.511. The van der Waals surface area contributed by atoms with E-state index >= 15 is 0 Å². The SMILES string of the molecule is CN(Cc1ccc(Cl)cc1Cl)C(C)(C)C#N. The van der Waals surface area contributed by atoms with Crippen LogP contribution in [0.3, 0.4) is 0 Å². The van der Waals surface area contributed by atoms with Gasteiger partial charge in [-0.3, -0.25) is 4.90 Å². The molecule has 0 spiro atoms. The van der Waals surface area contributed by atoms with E-state index in [4.69, 9.17) is 28.5 Å². The Morgan fingerprint density at radius 1 is 1.38 bits per heavy atom. The molecule has 16 heavy (non-hydrogen) atoms. The summed E-state index contributed by atoms with van der Waals surface area (Å²) in [5.41, 5.74) is 0.458. The molecule has 4 heteroatoms. The van der Waals surface area contributed by atoms with Crippen molar-refractivity contribution in [3.8, 4) is 6.07 Å². The molecule has 0 saturated carbocycles. The van der Waals surface area contributed by atoms with Gasteiger partial charge in [-0.1, -0.05) is 29.3 Å². The van der Waals surface area contributed by atoms with Gasteiger partial charge >= 0.3 is 0 Å². The smallest absolute Gasteiger partial charge is 0.103 e. The lowest BCUT2D eigenvalue weighted by Gasteiger charge is -2.29. The summed E-state index contributed by atoms with van der Waals surface area (Å²) >= 11 is 11.9. The number of halogens is 2. The van der Waals surface area contributed by atoms with Gasteiger partial charge in [-0.2, -0.15) is 5.26 Å². The number of rotatable bonds is 3. The van der Waals surface area contributed by atoms with Crippen molar-refractivity contribution in [2.75, 3.05) is 7.05 Å². The van der Waals surface area contributed by atoms with Gasteiger partial charge in [0.2, 0.25) is 0 Å². The molecule has 0 fully saturated rings. The molecule has 0 aliphatic carbocycles. The van der Waals surface area contributed by atoms with Crippen LogP contribution in [-0.2, 0) is 6.54 Å². The Bertz CT molecular complexity index is 422. The average Bonchev–Trinajstić information content (AvgIpc) is 2.22. The van der Waals surface area contributed by atoms with Crippen LogP contribution in [-0.4, -0.2) is 17.5 Å². The van der Waals surface area contributed by atoms with Gasteiger partial charge in [-0.15, -0.1) is 0 Å². The van der Waals surface area contributed by atoms with Crippen LogP contribution in [0.25, 0.3) is 0 Å². The highest BCUT2D eigenvalue weighted by atomic mass is 35.5. The molecule has 0 aliphatic rings.